The van der Waals surface area contributed by atoms with E-state index in [1.54, 1.807) is 0 Å². The molecule has 1 fully saturated rings. The average Bonchev–Trinajstić information content (AvgIpc) is 2.93. The third-order valence-corrected chi connectivity index (χ3v) is 6.79. The van der Waals surface area contributed by atoms with Crippen LogP contribution in [0.25, 0.3) is 0 Å². The van der Waals surface area contributed by atoms with E-state index in [9.17, 15) is 9.59 Å². The van der Waals surface area contributed by atoms with E-state index in [0.29, 0.717) is 32.5 Å². The van der Waals surface area contributed by atoms with Crippen molar-refractivity contribution >= 4 is 11.8 Å². The maximum atomic E-state index is 12.3. The summed E-state index contributed by atoms with van der Waals surface area (Å²) in [5.41, 5.74) is 5.95. The van der Waals surface area contributed by atoms with Crippen molar-refractivity contribution in [1.29, 1.82) is 0 Å². The SMILES string of the molecule is CCC=CCC=CCC=CCC=CCC=CCC=CCCC(=O)NCCNC(=O)CC1(CN)CCCCC1. The van der Waals surface area contributed by atoms with E-state index in [-0.39, 0.29) is 17.2 Å². The van der Waals surface area contributed by atoms with E-state index in [1.807, 2.05) is 0 Å². The van der Waals surface area contributed by atoms with Crippen LogP contribution in [0.15, 0.2) is 72.9 Å². The van der Waals surface area contributed by atoms with Crippen LogP contribution < -0.4 is 16.4 Å². The molecule has 0 aromatic heterocycles. The zero-order valence-corrected chi connectivity index (χ0v) is 23.8. The van der Waals surface area contributed by atoms with E-state index in [0.717, 1.165) is 70.6 Å². The van der Waals surface area contributed by atoms with Crippen LogP contribution in [0, 0.1) is 5.41 Å². The lowest BCUT2D eigenvalue weighted by Crippen LogP contribution is -2.40. The van der Waals surface area contributed by atoms with Crippen LogP contribution in [0.2, 0.25) is 0 Å². The number of allylic oxidation sites excluding steroid dienone is 12. The number of rotatable bonds is 20. The van der Waals surface area contributed by atoms with E-state index < -0.39 is 0 Å². The van der Waals surface area contributed by atoms with Crippen molar-refractivity contribution in [2.24, 2.45) is 11.1 Å². The molecule has 0 heterocycles. The molecule has 0 aromatic carbocycles. The number of carbonyl (C=O) groups is 2. The standard InChI is InChI=1S/C33H53N3O2/c1-2-3-4-5-6-7-8-9-10-11-12-13-14-15-16-17-18-19-21-24-31(37)35-27-28-36-32(38)29-33(30-34)25-22-20-23-26-33/h3-4,6-7,9-10,12-13,15-16,18-19H,2,5,8,11,14,17,20-30,34H2,1H3,(H,35,37)(H,36,38). The lowest BCUT2D eigenvalue weighted by Gasteiger charge is -2.35. The molecule has 1 aliphatic rings. The Kier molecular flexibility index (Phi) is 20.6. The predicted molar refractivity (Wildman–Crippen MR) is 163 cm³/mol. The van der Waals surface area contributed by atoms with Crippen molar-refractivity contribution in [2.45, 2.75) is 96.8 Å². The van der Waals surface area contributed by atoms with Crippen LogP contribution in [0.1, 0.15) is 96.8 Å². The van der Waals surface area contributed by atoms with Gasteiger partial charge in [-0.25, -0.2) is 0 Å². The van der Waals surface area contributed by atoms with Crippen molar-refractivity contribution in [3.8, 4) is 0 Å². The second-order valence-electron chi connectivity index (χ2n) is 10.1. The Morgan fingerprint density at radius 3 is 1.58 bits per heavy atom. The highest BCUT2D eigenvalue weighted by atomic mass is 16.2. The molecule has 0 aromatic rings. The van der Waals surface area contributed by atoms with Gasteiger partial charge in [0.15, 0.2) is 0 Å². The molecule has 0 atom stereocenters. The fourth-order valence-electron chi connectivity index (χ4n) is 4.50. The molecular weight excluding hydrogens is 470 g/mol. The van der Waals surface area contributed by atoms with Crippen LogP contribution in [-0.4, -0.2) is 31.4 Å². The Hall–Kier alpha value is -2.66. The summed E-state index contributed by atoms with van der Waals surface area (Å²) in [5.74, 6) is 0.0639. The molecule has 38 heavy (non-hydrogen) atoms. The molecule has 212 valence electrons. The number of amides is 2. The van der Waals surface area contributed by atoms with Crippen molar-refractivity contribution < 1.29 is 9.59 Å². The molecular formula is C33H53N3O2. The van der Waals surface area contributed by atoms with E-state index >= 15 is 0 Å². The normalized spacial score (nSPS) is 16.2. The summed E-state index contributed by atoms with van der Waals surface area (Å²) < 4.78 is 0. The minimum Gasteiger partial charge on any atom is -0.354 e. The number of carbonyl (C=O) groups excluding carboxylic acids is 2. The van der Waals surface area contributed by atoms with Gasteiger partial charge in [-0.15, -0.1) is 0 Å². The quantitative estimate of drug-likeness (QED) is 0.119. The topological polar surface area (TPSA) is 84.2 Å². The first-order valence-electron chi connectivity index (χ1n) is 14.8. The third kappa shape index (κ3) is 18.6. The summed E-state index contributed by atoms with van der Waals surface area (Å²) in [4.78, 5) is 24.3. The van der Waals surface area contributed by atoms with E-state index in [2.05, 4.69) is 90.5 Å². The lowest BCUT2D eigenvalue weighted by atomic mass is 9.71. The summed E-state index contributed by atoms with van der Waals surface area (Å²) in [6.45, 7) is 3.65. The largest absolute Gasteiger partial charge is 0.354 e. The Bertz CT molecular complexity index is 799. The van der Waals surface area contributed by atoms with Crippen molar-refractivity contribution in [3.63, 3.8) is 0 Å². The van der Waals surface area contributed by atoms with Gasteiger partial charge in [-0.1, -0.05) is 99.1 Å². The number of hydrogen-bond acceptors (Lipinski definition) is 3. The highest BCUT2D eigenvalue weighted by Crippen LogP contribution is 2.38. The van der Waals surface area contributed by atoms with Crippen LogP contribution in [0.3, 0.4) is 0 Å². The van der Waals surface area contributed by atoms with Crippen molar-refractivity contribution in [3.05, 3.63) is 72.9 Å². The summed E-state index contributed by atoms with van der Waals surface area (Å²) in [6, 6.07) is 0. The maximum Gasteiger partial charge on any atom is 0.220 e. The summed E-state index contributed by atoms with van der Waals surface area (Å²) in [6.07, 6.45) is 39.4. The molecule has 5 nitrogen and oxygen atoms in total. The van der Waals surface area contributed by atoms with Gasteiger partial charge >= 0.3 is 0 Å². The zero-order valence-electron chi connectivity index (χ0n) is 23.8. The van der Waals surface area contributed by atoms with Gasteiger partial charge < -0.3 is 16.4 Å². The molecule has 0 spiro atoms. The monoisotopic (exact) mass is 523 g/mol. The predicted octanol–water partition coefficient (Wildman–Crippen LogP) is 7.00. The van der Waals surface area contributed by atoms with Gasteiger partial charge in [-0.3, -0.25) is 9.59 Å². The molecule has 0 unspecified atom stereocenters. The number of nitrogens with two attached hydrogens (primary N) is 1. The Balaban J connectivity index is 1.98. The Morgan fingerprint density at radius 1 is 0.658 bits per heavy atom. The first-order valence-corrected chi connectivity index (χ1v) is 14.8. The molecule has 0 aliphatic heterocycles. The molecule has 4 N–H and O–H groups in total. The van der Waals surface area contributed by atoms with Crippen molar-refractivity contribution in [1.82, 2.24) is 10.6 Å². The van der Waals surface area contributed by atoms with Crippen LogP contribution >= 0.6 is 0 Å². The molecule has 0 saturated heterocycles. The molecule has 1 aliphatic carbocycles. The smallest absolute Gasteiger partial charge is 0.220 e. The fourth-order valence-corrected chi connectivity index (χ4v) is 4.50. The molecule has 1 rings (SSSR count). The highest BCUT2D eigenvalue weighted by molar-refractivity contribution is 5.77. The van der Waals surface area contributed by atoms with Crippen LogP contribution in [0.4, 0.5) is 0 Å². The summed E-state index contributed by atoms with van der Waals surface area (Å²) in [5, 5.41) is 5.81. The third-order valence-electron chi connectivity index (χ3n) is 6.79. The van der Waals surface area contributed by atoms with Crippen molar-refractivity contribution in [2.75, 3.05) is 19.6 Å². The first kappa shape index (κ1) is 33.4. The summed E-state index contributed by atoms with van der Waals surface area (Å²) >= 11 is 0. The molecule has 1 saturated carbocycles. The summed E-state index contributed by atoms with van der Waals surface area (Å²) in [7, 11) is 0. The zero-order chi connectivity index (χ0) is 27.6. The molecule has 0 bridgehead atoms. The van der Waals surface area contributed by atoms with Gasteiger partial charge in [0.05, 0.1) is 0 Å². The van der Waals surface area contributed by atoms with E-state index in [4.69, 9.17) is 5.73 Å². The van der Waals surface area contributed by atoms with Crippen LogP contribution in [0.5, 0.6) is 0 Å². The van der Waals surface area contributed by atoms with Gasteiger partial charge in [0.25, 0.3) is 0 Å². The maximum absolute atomic E-state index is 12.3. The van der Waals surface area contributed by atoms with Gasteiger partial charge in [-0.2, -0.15) is 0 Å². The van der Waals surface area contributed by atoms with E-state index in [1.165, 1.54) is 6.42 Å². The number of hydrogen-bond donors (Lipinski definition) is 3. The Morgan fingerprint density at radius 2 is 1.11 bits per heavy atom. The van der Waals surface area contributed by atoms with Gasteiger partial charge in [0, 0.05) is 25.9 Å². The van der Waals surface area contributed by atoms with Gasteiger partial charge in [-0.05, 0) is 69.7 Å². The minimum absolute atomic E-state index is 0.0180. The number of nitrogens with one attached hydrogen (secondary N) is 2. The lowest BCUT2D eigenvalue weighted by molar-refractivity contribution is -0.124. The average molecular weight is 524 g/mol. The minimum atomic E-state index is -0.0233. The second kappa shape index (κ2) is 23.5. The second-order valence-corrected chi connectivity index (χ2v) is 10.1. The van der Waals surface area contributed by atoms with Gasteiger partial charge in [0.1, 0.15) is 0 Å². The molecule has 0 radical (unpaired) electrons. The fraction of sp³-hybridized carbons (Fsp3) is 0.576. The van der Waals surface area contributed by atoms with Gasteiger partial charge in [0.2, 0.25) is 11.8 Å². The highest BCUT2D eigenvalue weighted by Gasteiger charge is 2.32. The van der Waals surface area contributed by atoms with Crippen LogP contribution in [-0.2, 0) is 9.59 Å². The molecule has 2 amide bonds. The first-order chi connectivity index (χ1) is 18.6. The molecule has 5 heteroatoms. The Labute approximate surface area is 232 Å².